The van der Waals surface area contributed by atoms with Crippen LogP contribution in [0.1, 0.15) is 16.8 Å². The molecule has 1 saturated heterocycles. The van der Waals surface area contributed by atoms with Gasteiger partial charge in [-0.05, 0) is 18.2 Å². The van der Waals surface area contributed by atoms with Gasteiger partial charge in [-0.1, -0.05) is 15.9 Å². The van der Waals surface area contributed by atoms with Crippen molar-refractivity contribution in [3.8, 4) is 0 Å². The molecule has 0 spiro atoms. The molecule has 1 heterocycles. The fourth-order valence-corrected chi connectivity index (χ4v) is 2.58. The van der Waals surface area contributed by atoms with Gasteiger partial charge < -0.3 is 15.0 Å². The predicted octanol–water partition coefficient (Wildman–Crippen LogP) is 1.09. The van der Waals surface area contributed by atoms with Crippen LogP contribution in [0.5, 0.6) is 0 Å². The Balaban J connectivity index is 2.30. The quantitative estimate of drug-likeness (QED) is 0.805. The Morgan fingerprint density at radius 3 is 2.91 bits per heavy atom. The number of nitrogens with one attached hydrogen (secondary N) is 1. The molecule has 2 rings (SSSR count). The number of halogens is 2. The molecule has 1 aromatic carbocycles. The average Bonchev–Trinajstić information content (AvgIpc) is 2.50. The van der Waals surface area contributed by atoms with E-state index in [2.05, 4.69) is 26.0 Å². The first-order chi connectivity index (χ1) is 10.4. The molecule has 2 amide bonds. The summed E-state index contributed by atoms with van der Waals surface area (Å²) in [6.45, 7) is 0.441. The first-order valence-corrected chi connectivity index (χ1v) is 7.34. The molecule has 1 N–H and O–H groups in total. The molecule has 118 valence electrons. The molecule has 0 bridgehead atoms. The molecule has 8 heteroatoms. The van der Waals surface area contributed by atoms with Crippen molar-refractivity contribution in [2.45, 2.75) is 12.5 Å². The van der Waals surface area contributed by atoms with Gasteiger partial charge in [-0.2, -0.15) is 0 Å². The highest BCUT2D eigenvalue weighted by Gasteiger charge is 2.36. The lowest BCUT2D eigenvalue weighted by atomic mass is 10.1. The maximum Gasteiger partial charge on any atom is 0.308 e. The molecule has 1 aromatic rings. The number of esters is 1. The smallest absolute Gasteiger partial charge is 0.308 e. The van der Waals surface area contributed by atoms with E-state index >= 15 is 0 Å². The van der Waals surface area contributed by atoms with Crippen molar-refractivity contribution < 1.29 is 23.5 Å². The van der Waals surface area contributed by atoms with Gasteiger partial charge in [-0.25, -0.2) is 4.39 Å². The number of hydrogen-bond acceptors (Lipinski definition) is 4. The third-order valence-electron chi connectivity index (χ3n) is 3.34. The normalized spacial score (nSPS) is 17.9. The third kappa shape index (κ3) is 3.44. The maximum absolute atomic E-state index is 13.9. The van der Waals surface area contributed by atoms with Crippen LogP contribution in [0.3, 0.4) is 0 Å². The van der Waals surface area contributed by atoms with E-state index in [-0.39, 0.29) is 25.1 Å². The second kappa shape index (κ2) is 6.87. The van der Waals surface area contributed by atoms with Crippen molar-refractivity contribution in [3.05, 3.63) is 34.1 Å². The van der Waals surface area contributed by atoms with Gasteiger partial charge in [0.15, 0.2) is 0 Å². The summed E-state index contributed by atoms with van der Waals surface area (Å²) in [6, 6.07) is 2.98. The molecule has 1 atom stereocenters. The van der Waals surface area contributed by atoms with Gasteiger partial charge in [0.25, 0.3) is 5.91 Å². The zero-order chi connectivity index (χ0) is 16.3. The van der Waals surface area contributed by atoms with Crippen molar-refractivity contribution in [2.24, 2.45) is 0 Å². The number of rotatable bonds is 3. The molecule has 1 unspecified atom stereocenters. The second-order valence-corrected chi connectivity index (χ2v) is 5.63. The number of piperazine rings is 1. The van der Waals surface area contributed by atoms with E-state index in [9.17, 15) is 18.8 Å². The first kappa shape index (κ1) is 16.4. The number of benzene rings is 1. The SMILES string of the molecule is COC(=O)CC1C(=O)NCCN1C(=O)c1cc(Br)ccc1F. The summed E-state index contributed by atoms with van der Waals surface area (Å²) in [6.07, 6.45) is -0.274. The summed E-state index contributed by atoms with van der Waals surface area (Å²) in [4.78, 5) is 37.1. The molecular weight excluding hydrogens is 359 g/mol. The van der Waals surface area contributed by atoms with Crippen molar-refractivity contribution in [1.29, 1.82) is 0 Å². The highest BCUT2D eigenvalue weighted by molar-refractivity contribution is 9.10. The Morgan fingerprint density at radius 2 is 2.23 bits per heavy atom. The van der Waals surface area contributed by atoms with E-state index < -0.39 is 29.6 Å². The first-order valence-electron chi connectivity index (χ1n) is 6.54. The Labute approximate surface area is 134 Å². The minimum absolute atomic E-state index is 0.154. The van der Waals surface area contributed by atoms with Gasteiger partial charge in [0.2, 0.25) is 5.91 Å². The number of nitrogens with zero attached hydrogens (tertiary/aromatic N) is 1. The largest absolute Gasteiger partial charge is 0.469 e. The van der Waals surface area contributed by atoms with Crippen molar-refractivity contribution in [2.75, 3.05) is 20.2 Å². The molecule has 22 heavy (non-hydrogen) atoms. The molecule has 1 aliphatic heterocycles. The molecule has 0 saturated carbocycles. The standard InChI is InChI=1S/C14H14BrFN2O4/c1-22-12(19)7-11-13(20)17-4-5-18(11)14(21)9-6-8(15)2-3-10(9)16/h2-3,6,11H,4-5,7H2,1H3,(H,17,20). The van der Waals surface area contributed by atoms with E-state index in [1.807, 2.05) is 0 Å². The number of carbonyl (C=O) groups is 3. The second-order valence-electron chi connectivity index (χ2n) is 4.71. The van der Waals surface area contributed by atoms with Crippen molar-refractivity contribution >= 4 is 33.7 Å². The summed E-state index contributed by atoms with van der Waals surface area (Å²) >= 11 is 3.18. The molecule has 0 aliphatic carbocycles. The van der Waals surface area contributed by atoms with Crippen LogP contribution in [-0.2, 0) is 14.3 Å². The topological polar surface area (TPSA) is 75.7 Å². The van der Waals surface area contributed by atoms with E-state index in [4.69, 9.17) is 0 Å². The van der Waals surface area contributed by atoms with Crippen molar-refractivity contribution in [1.82, 2.24) is 10.2 Å². The van der Waals surface area contributed by atoms with Gasteiger partial charge in [-0.3, -0.25) is 14.4 Å². The lowest BCUT2D eigenvalue weighted by Gasteiger charge is -2.34. The number of hydrogen-bond donors (Lipinski definition) is 1. The Bertz CT molecular complexity index is 623. The summed E-state index contributed by atoms with van der Waals surface area (Å²) < 4.78 is 19.0. The van der Waals surface area contributed by atoms with Crippen LogP contribution in [0.15, 0.2) is 22.7 Å². The van der Waals surface area contributed by atoms with Crippen LogP contribution in [0, 0.1) is 5.82 Å². The number of carbonyl (C=O) groups excluding carboxylic acids is 3. The third-order valence-corrected chi connectivity index (χ3v) is 3.83. The molecule has 1 fully saturated rings. The van der Waals surface area contributed by atoms with Crippen LogP contribution in [0.4, 0.5) is 4.39 Å². The van der Waals surface area contributed by atoms with Gasteiger partial charge in [0.1, 0.15) is 11.9 Å². The van der Waals surface area contributed by atoms with Crippen molar-refractivity contribution in [3.63, 3.8) is 0 Å². The van der Waals surface area contributed by atoms with E-state index in [1.165, 1.54) is 24.1 Å². The Morgan fingerprint density at radius 1 is 1.50 bits per heavy atom. The number of methoxy groups -OCH3 is 1. The molecule has 6 nitrogen and oxygen atoms in total. The lowest BCUT2D eigenvalue weighted by molar-refractivity contribution is -0.145. The monoisotopic (exact) mass is 372 g/mol. The van der Waals surface area contributed by atoms with Crippen LogP contribution in [0.25, 0.3) is 0 Å². The molecule has 0 radical (unpaired) electrons. The molecule has 1 aliphatic rings. The molecule has 0 aromatic heterocycles. The highest BCUT2D eigenvalue weighted by Crippen LogP contribution is 2.20. The predicted molar refractivity (Wildman–Crippen MR) is 78.6 cm³/mol. The van der Waals surface area contributed by atoms with Gasteiger partial charge >= 0.3 is 5.97 Å². The minimum atomic E-state index is -1.01. The number of ether oxygens (including phenoxy) is 1. The zero-order valence-electron chi connectivity index (χ0n) is 11.8. The highest BCUT2D eigenvalue weighted by atomic mass is 79.9. The van der Waals surface area contributed by atoms with Crippen LogP contribution in [-0.4, -0.2) is 48.9 Å². The zero-order valence-corrected chi connectivity index (χ0v) is 13.4. The summed E-state index contributed by atoms with van der Waals surface area (Å²) in [7, 11) is 1.20. The van der Waals surface area contributed by atoms with Gasteiger partial charge in [0.05, 0.1) is 19.1 Å². The summed E-state index contributed by atoms with van der Waals surface area (Å²) in [5.74, 6) is -2.39. The van der Waals surface area contributed by atoms with Crippen LogP contribution in [0.2, 0.25) is 0 Å². The van der Waals surface area contributed by atoms with E-state index in [1.54, 1.807) is 0 Å². The summed E-state index contributed by atoms with van der Waals surface area (Å²) in [5.41, 5.74) is -0.154. The van der Waals surface area contributed by atoms with E-state index in [0.29, 0.717) is 4.47 Å². The van der Waals surface area contributed by atoms with Gasteiger partial charge in [0, 0.05) is 17.6 Å². The Kier molecular flexibility index (Phi) is 5.12. The Hall–Kier alpha value is -1.96. The fourth-order valence-electron chi connectivity index (χ4n) is 2.22. The minimum Gasteiger partial charge on any atom is -0.469 e. The molecular formula is C14H14BrFN2O4. The van der Waals surface area contributed by atoms with E-state index in [0.717, 1.165) is 6.07 Å². The summed E-state index contributed by atoms with van der Waals surface area (Å²) in [5, 5.41) is 2.58. The number of amides is 2. The van der Waals surface area contributed by atoms with Crippen LogP contribution < -0.4 is 5.32 Å². The lowest BCUT2D eigenvalue weighted by Crippen LogP contribution is -2.58. The van der Waals surface area contributed by atoms with Gasteiger partial charge in [-0.15, -0.1) is 0 Å². The maximum atomic E-state index is 13.9. The van der Waals surface area contributed by atoms with Crippen LogP contribution >= 0.6 is 15.9 Å². The fraction of sp³-hybridized carbons (Fsp3) is 0.357. The average molecular weight is 373 g/mol.